The van der Waals surface area contributed by atoms with E-state index < -0.39 is 0 Å². The van der Waals surface area contributed by atoms with E-state index in [0.717, 1.165) is 37.0 Å². The van der Waals surface area contributed by atoms with E-state index in [2.05, 4.69) is 17.4 Å². The molecule has 5 nitrogen and oxygen atoms in total. The molecule has 0 bridgehead atoms. The van der Waals surface area contributed by atoms with Crippen molar-refractivity contribution < 1.29 is 14.3 Å². The molecule has 29 heavy (non-hydrogen) atoms. The molecule has 152 valence electrons. The van der Waals surface area contributed by atoms with Crippen LogP contribution in [0.4, 0.5) is 0 Å². The largest absolute Gasteiger partial charge is 0.497 e. The molecule has 0 spiro atoms. The number of benzene rings is 2. The molecule has 1 heterocycles. The van der Waals surface area contributed by atoms with Crippen LogP contribution >= 0.6 is 0 Å². The van der Waals surface area contributed by atoms with Gasteiger partial charge in [-0.25, -0.2) is 0 Å². The number of carbonyl (C=O) groups is 2. The molecule has 1 aliphatic heterocycles. The highest BCUT2D eigenvalue weighted by molar-refractivity contribution is 6.00. The van der Waals surface area contributed by atoms with Crippen molar-refractivity contribution in [2.24, 2.45) is 0 Å². The molecule has 2 aliphatic rings. The molecule has 1 fully saturated rings. The zero-order valence-corrected chi connectivity index (χ0v) is 17.1. The number of hydrogen-bond acceptors (Lipinski definition) is 3. The summed E-state index contributed by atoms with van der Waals surface area (Å²) in [5.74, 6) is 0.485. The molecule has 1 saturated carbocycles. The van der Waals surface area contributed by atoms with Crippen LogP contribution in [0.15, 0.2) is 48.5 Å². The van der Waals surface area contributed by atoms with E-state index in [1.807, 2.05) is 36.4 Å². The number of fused-ring (bicyclic) bond motifs is 1. The van der Waals surface area contributed by atoms with Gasteiger partial charge >= 0.3 is 0 Å². The predicted octanol–water partition coefficient (Wildman–Crippen LogP) is 3.49. The summed E-state index contributed by atoms with van der Waals surface area (Å²) in [7, 11) is 3.44. The van der Waals surface area contributed by atoms with Crippen LogP contribution in [0.5, 0.6) is 5.75 Å². The molecule has 1 unspecified atom stereocenters. The van der Waals surface area contributed by atoms with Crippen LogP contribution < -0.4 is 10.1 Å². The van der Waals surface area contributed by atoms with E-state index in [0.29, 0.717) is 18.7 Å². The van der Waals surface area contributed by atoms with Crippen LogP contribution in [0.2, 0.25) is 0 Å². The van der Waals surface area contributed by atoms with E-state index >= 15 is 0 Å². The lowest BCUT2D eigenvalue weighted by Crippen LogP contribution is -2.46. The van der Waals surface area contributed by atoms with Crippen molar-refractivity contribution in [3.63, 3.8) is 0 Å². The molecule has 1 aliphatic carbocycles. The fraction of sp³-hybridized carbons (Fsp3) is 0.417. The Morgan fingerprint density at radius 1 is 1.17 bits per heavy atom. The average molecular weight is 392 g/mol. The maximum absolute atomic E-state index is 13.2. The highest BCUT2D eigenvalue weighted by Gasteiger charge is 2.38. The van der Waals surface area contributed by atoms with E-state index in [1.54, 1.807) is 19.1 Å². The summed E-state index contributed by atoms with van der Waals surface area (Å²) in [6.07, 6.45) is 4.44. The van der Waals surface area contributed by atoms with Gasteiger partial charge in [-0.3, -0.25) is 9.59 Å². The Kier molecular flexibility index (Phi) is 5.31. The molecule has 5 heteroatoms. The molecule has 0 aromatic heterocycles. The second-order valence-corrected chi connectivity index (χ2v) is 8.26. The molecule has 0 radical (unpaired) electrons. The van der Waals surface area contributed by atoms with Crippen LogP contribution in [0, 0.1) is 0 Å². The number of amides is 2. The normalized spacial score (nSPS) is 20.3. The maximum Gasteiger partial charge on any atom is 0.253 e. The van der Waals surface area contributed by atoms with E-state index in [4.69, 9.17) is 4.74 Å². The molecule has 1 atom stereocenters. The highest BCUT2D eigenvalue weighted by atomic mass is 16.5. The van der Waals surface area contributed by atoms with Crippen LogP contribution in [0.25, 0.3) is 0 Å². The second-order valence-electron chi connectivity index (χ2n) is 8.26. The number of ether oxygens (including phenoxy) is 1. The average Bonchev–Trinajstić information content (AvgIpc) is 3.25. The third-order valence-electron chi connectivity index (χ3n) is 6.53. The zero-order valence-electron chi connectivity index (χ0n) is 17.1. The number of nitrogens with zero attached hydrogens (tertiary/aromatic N) is 1. The summed E-state index contributed by atoms with van der Waals surface area (Å²) in [6.45, 7) is 1.02. The Hall–Kier alpha value is -2.82. The maximum atomic E-state index is 13.2. The van der Waals surface area contributed by atoms with Gasteiger partial charge in [0.15, 0.2) is 0 Å². The van der Waals surface area contributed by atoms with Gasteiger partial charge in [0.25, 0.3) is 5.91 Å². The minimum Gasteiger partial charge on any atom is -0.497 e. The number of rotatable bonds is 5. The number of likely N-dealkylation sites (N-methyl/N-ethyl adjacent to an activating group) is 1. The van der Waals surface area contributed by atoms with Gasteiger partial charge in [0.1, 0.15) is 5.75 Å². The molecule has 2 aromatic carbocycles. The first kappa shape index (κ1) is 19.5. The first-order chi connectivity index (χ1) is 14.0. The smallest absolute Gasteiger partial charge is 0.253 e. The third-order valence-corrected chi connectivity index (χ3v) is 6.53. The first-order valence-electron chi connectivity index (χ1n) is 10.3. The lowest BCUT2D eigenvalue weighted by molar-refractivity contribution is -0.123. The Labute approximate surface area is 172 Å². The van der Waals surface area contributed by atoms with Crippen molar-refractivity contribution in [2.75, 3.05) is 27.2 Å². The summed E-state index contributed by atoms with van der Waals surface area (Å²) >= 11 is 0. The number of methoxy groups -OCH3 is 1. The minimum atomic E-state index is -0.335. The first-order valence-corrected chi connectivity index (χ1v) is 10.3. The molecular weight excluding hydrogens is 364 g/mol. The van der Waals surface area contributed by atoms with Crippen LogP contribution in [-0.2, 0) is 10.2 Å². The Morgan fingerprint density at radius 3 is 2.69 bits per heavy atom. The predicted molar refractivity (Wildman–Crippen MR) is 112 cm³/mol. The third kappa shape index (κ3) is 3.61. The van der Waals surface area contributed by atoms with Crippen molar-refractivity contribution in [1.82, 2.24) is 10.2 Å². The van der Waals surface area contributed by atoms with Gasteiger partial charge < -0.3 is 15.0 Å². The Bertz CT molecular complexity index is 918. The van der Waals surface area contributed by atoms with Gasteiger partial charge in [-0.2, -0.15) is 0 Å². The molecule has 0 saturated heterocycles. The second kappa shape index (κ2) is 7.90. The van der Waals surface area contributed by atoms with E-state index in [-0.39, 0.29) is 23.1 Å². The van der Waals surface area contributed by atoms with E-state index in [9.17, 15) is 9.59 Å². The minimum absolute atomic E-state index is 0.00836. The zero-order chi connectivity index (χ0) is 20.4. The molecule has 1 N–H and O–H groups in total. The topological polar surface area (TPSA) is 58.6 Å². The number of nitrogens with one attached hydrogen (secondary N) is 1. The van der Waals surface area contributed by atoms with E-state index in [1.165, 1.54) is 5.56 Å². The monoisotopic (exact) mass is 392 g/mol. The number of carbonyl (C=O) groups excluding carboxylic acids is 2. The summed E-state index contributed by atoms with van der Waals surface area (Å²) in [6, 6.07) is 15.7. The van der Waals surface area contributed by atoms with Crippen molar-refractivity contribution in [3.05, 3.63) is 65.2 Å². The van der Waals surface area contributed by atoms with Gasteiger partial charge in [0.2, 0.25) is 5.91 Å². The van der Waals surface area contributed by atoms with Crippen molar-refractivity contribution >= 4 is 11.8 Å². The van der Waals surface area contributed by atoms with Crippen molar-refractivity contribution in [1.29, 1.82) is 0 Å². The standard InChI is InChI=1S/C24H28N2O3/c1-26-15-21(19-10-3-4-11-20(19)23(26)28)22(27)25-16-24(12-5-6-13-24)17-8-7-9-18(14-17)29-2/h3-4,7-11,14,21H,5-6,12-13,15-16H2,1-2H3,(H,25,27). The van der Waals surface area contributed by atoms with Crippen LogP contribution in [-0.4, -0.2) is 44.0 Å². The molecular formula is C24H28N2O3. The Morgan fingerprint density at radius 2 is 1.93 bits per heavy atom. The van der Waals surface area contributed by atoms with Gasteiger partial charge in [-0.15, -0.1) is 0 Å². The SMILES string of the molecule is COc1cccc(C2(CNC(=O)C3CN(C)C(=O)c4ccccc43)CCCC2)c1. The summed E-state index contributed by atoms with van der Waals surface area (Å²) in [4.78, 5) is 27.3. The van der Waals surface area contributed by atoms with Crippen LogP contribution in [0.3, 0.4) is 0 Å². The fourth-order valence-electron chi connectivity index (χ4n) is 4.83. The molecule has 4 rings (SSSR count). The molecule has 2 amide bonds. The summed E-state index contributed by atoms with van der Waals surface area (Å²) < 4.78 is 5.42. The summed E-state index contributed by atoms with van der Waals surface area (Å²) in [5, 5.41) is 3.23. The van der Waals surface area contributed by atoms with Crippen molar-refractivity contribution in [3.8, 4) is 5.75 Å². The quantitative estimate of drug-likeness (QED) is 0.847. The highest BCUT2D eigenvalue weighted by Crippen LogP contribution is 2.41. The van der Waals surface area contributed by atoms with Gasteiger partial charge in [-0.05, 0) is 42.2 Å². The number of hydrogen-bond donors (Lipinski definition) is 1. The summed E-state index contributed by atoms with van der Waals surface area (Å²) in [5.41, 5.74) is 2.63. The van der Waals surface area contributed by atoms with Gasteiger partial charge in [0, 0.05) is 31.1 Å². The molecule has 2 aromatic rings. The lowest BCUT2D eigenvalue weighted by atomic mass is 9.78. The van der Waals surface area contributed by atoms with Crippen molar-refractivity contribution in [2.45, 2.75) is 37.0 Å². The van der Waals surface area contributed by atoms with Crippen LogP contribution in [0.1, 0.15) is 53.1 Å². The van der Waals surface area contributed by atoms with Gasteiger partial charge in [0.05, 0.1) is 13.0 Å². The van der Waals surface area contributed by atoms with Gasteiger partial charge in [-0.1, -0.05) is 43.2 Å². The Balaban J connectivity index is 1.55. The fourth-order valence-corrected chi connectivity index (χ4v) is 4.83. The lowest BCUT2D eigenvalue weighted by Gasteiger charge is -2.34.